The van der Waals surface area contributed by atoms with Crippen molar-refractivity contribution >= 4 is 34.3 Å². The highest BCUT2D eigenvalue weighted by Gasteiger charge is 2.21. The lowest BCUT2D eigenvalue weighted by atomic mass is 10.0. The van der Waals surface area contributed by atoms with Crippen molar-refractivity contribution in [3.05, 3.63) is 64.4 Å². The second-order valence-corrected chi connectivity index (χ2v) is 9.52. The van der Waals surface area contributed by atoms with E-state index in [9.17, 15) is 9.59 Å². The average Bonchev–Trinajstić information content (AvgIpc) is 2.70. The van der Waals surface area contributed by atoms with Gasteiger partial charge >= 0.3 is 0 Å². The Labute approximate surface area is 181 Å². The van der Waals surface area contributed by atoms with E-state index in [0.717, 1.165) is 11.3 Å². The highest BCUT2D eigenvalue weighted by molar-refractivity contribution is 8.00. The molecule has 0 spiro atoms. The normalized spacial score (nSPS) is 12.5. The number of nitrogens with zero attached hydrogens (tertiary/aromatic N) is 2. The fraction of sp³-hybridized carbons (Fsp3) is 0.375. The van der Waals surface area contributed by atoms with Crippen molar-refractivity contribution in [2.45, 2.75) is 57.5 Å². The topological polar surface area (TPSA) is 64.0 Å². The summed E-state index contributed by atoms with van der Waals surface area (Å²) in [4.78, 5) is 30.7. The van der Waals surface area contributed by atoms with Crippen molar-refractivity contribution < 1.29 is 4.79 Å². The molecule has 1 heterocycles. The first-order valence-corrected chi connectivity index (χ1v) is 11.2. The molecule has 0 aliphatic rings. The molecule has 0 fully saturated rings. The van der Waals surface area contributed by atoms with Crippen LogP contribution >= 0.6 is 11.8 Å². The van der Waals surface area contributed by atoms with Gasteiger partial charge in [0.2, 0.25) is 5.91 Å². The number of hydrogen-bond donors (Lipinski definition) is 1. The highest BCUT2D eigenvalue weighted by Crippen LogP contribution is 2.27. The average molecular weight is 424 g/mol. The number of thioether (sulfide) groups is 1. The molecule has 1 N–H and O–H groups in total. The van der Waals surface area contributed by atoms with Gasteiger partial charge in [-0.2, -0.15) is 0 Å². The minimum Gasteiger partial charge on any atom is -0.325 e. The number of anilines is 1. The van der Waals surface area contributed by atoms with Gasteiger partial charge in [-0.15, -0.1) is 0 Å². The zero-order valence-corrected chi connectivity index (χ0v) is 19.0. The molecular weight excluding hydrogens is 394 g/mol. The van der Waals surface area contributed by atoms with E-state index < -0.39 is 5.25 Å². The van der Waals surface area contributed by atoms with Gasteiger partial charge in [-0.05, 0) is 42.5 Å². The Morgan fingerprint density at radius 3 is 2.40 bits per heavy atom. The number of fused-ring (bicyclic) bond motifs is 1. The first-order chi connectivity index (χ1) is 14.3. The molecule has 2 aromatic carbocycles. The van der Waals surface area contributed by atoms with E-state index in [4.69, 9.17) is 4.98 Å². The summed E-state index contributed by atoms with van der Waals surface area (Å²) in [6, 6.07) is 15.2. The summed E-state index contributed by atoms with van der Waals surface area (Å²) < 4.78 is 1.70. The van der Waals surface area contributed by atoms with Gasteiger partial charge in [-0.25, -0.2) is 4.98 Å². The molecule has 1 amide bonds. The lowest BCUT2D eigenvalue weighted by molar-refractivity contribution is -0.115. The molecule has 30 heavy (non-hydrogen) atoms. The number of carbonyl (C=O) groups excluding carboxylic acids is 1. The smallest absolute Gasteiger partial charge is 0.262 e. The van der Waals surface area contributed by atoms with Crippen LogP contribution in [0.5, 0.6) is 0 Å². The fourth-order valence-corrected chi connectivity index (χ4v) is 4.24. The third-order valence-corrected chi connectivity index (χ3v) is 5.96. The standard InChI is InChI=1S/C24H29N3O2S/c1-15(2)14-27-23(29)19-11-7-9-13-21(19)26-24(27)30-17(5)22(28)25-20-12-8-6-10-18(20)16(3)4/h6-13,15-17H,14H2,1-5H3,(H,25,28)/t17-/m0/s1. The maximum atomic E-state index is 13.1. The van der Waals surface area contributed by atoms with Crippen LogP contribution in [0.25, 0.3) is 10.9 Å². The molecule has 3 rings (SSSR count). The van der Waals surface area contributed by atoms with E-state index >= 15 is 0 Å². The Balaban J connectivity index is 1.89. The number of aromatic nitrogens is 2. The molecule has 0 radical (unpaired) electrons. The fourth-order valence-electron chi connectivity index (χ4n) is 3.32. The van der Waals surface area contributed by atoms with E-state index in [1.165, 1.54) is 11.8 Å². The Hall–Kier alpha value is -2.60. The van der Waals surface area contributed by atoms with Gasteiger partial charge in [-0.1, -0.05) is 69.8 Å². The van der Waals surface area contributed by atoms with E-state index in [1.54, 1.807) is 10.6 Å². The molecular formula is C24H29N3O2S. The van der Waals surface area contributed by atoms with E-state index in [0.29, 0.717) is 28.5 Å². The van der Waals surface area contributed by atoms with Gasteiger partial charge in [0.15, 0.2) is 5.16 Å². The second-order valence-electron chi connectivity index (χ2n) is 8.21. The minimum atomic E-state index is -0.406. The van der Waals surface area contributed by atoms with Crippen LogP contribution < -0.4 is 10.9 Å². The Kier molecular flexibility index (Phi) is 6.98. The number of benzene rings is 2. The van der Waals surface area contributed by atoms with Gasteiger partial charge in [0, 0.05) is 12.2 Å². The summed E-state index contributed by atoms with van der Waals surface area (Å²) in [6.45, 7) is 10.7. The van der Waals surface area contributed by atoms with E-state index in [-0.39, 0.29) is 17.4 Å². The molecule has 0 saturated heterocycles. The third-order valence-electron chi connectivity index (χ3n) is 4.87. The molecule has 0 aliphatic carbocycles. The number of nitrogens with one attached hydrogen (secondary N) is 1. The van der Waals surface area contributed by atoms with Crippen LogP contribution in [-0.4, -0.2) is 20.7 Å². The Bertz CT molecular complexity index is 1110. The van der Waals surface area contributed by atoms with Crippen molar-refractivity contribution in [3.63, 3.8) is 0 Å². The number of carbonyl (C=O) groups is 1. The largest absolute Gasteiger partial charge is 0.325 e. The summed E-state index contributed by atoms with van der Waals surface area (Å²) in [5.74, 6) is 0.488. The van der Waals surface area contributed by atoms with Gasteiger partial charge in [0.25, 0.3) is 5.56 Å². The summed E-state index contributed by atoms with van der Waals surface area (Å²) in [5.41, 5.74) is 2.52. The summed E-state index contributed by atoms with van der Waals surface area (Å²) in [5, 5.41) is 3.82. The van der Waals surface area contributed by atoms with Gasteiger partial charge in [0.1, 0.15) is 0 Å². The van der Waals surface area contributed by atoms with Gasteiger partial charge in [-0.3, -0.25) is 14.2 Å². The van der Waals surface area contributed by atoms with E-state index in [2.05, 4.69) is 33.0 Å². The molecule has 158 valence electrons. The van der Waals surface area contributed by atoms with Crippen molar-refractivity contribution in [1.82, 2.24) is 9.55 Å². The molecule has 0 unspecified atom stereocenters. The monoisotopic (exact) mass is 423 g/mol. The van der Waals surface area contributed by atoms with Gasteiger partial charge in [0.05, 0.1) is 16.2 Å². The summed E-state index contributed by atoms with van der Waals surface area (Å²) >= 11 is 1.32. The maximum Gasteiger partial charge on any atom is 0.262 e. The predicted octanol–water partition coefficient (Wildman–Crippen LogP) is 5.30. The third kappa shape index (κ3) is 4.93. The van der Waals surface area contributed by atoms with Crippen LogP contribution in [0.15, 0.2) is 58.5 Å². The quantitative estimate of drug-likeness (QED) is 0.414. The zero-order chi connectivity index (χ0) is 21.8. The SMILES string of the molecule is CC(C)Cn1c(S[C@@H](C)C(=O)Nc2ccccc2C(C)C)nc2ccccc2c1=O. The van der Waals surface area contributed by atoms with Crippen LogP contribution in [0.4, 0.5) is 5.69 Å². The first-order valence-electron chi connectivity index (χ1n) is 10.3. The van der Waals surface area contributed by atoms with E-state index in [1.807, 2.05) is 49.4 Å². The number of rotatable bonds is 7. The van der Waals surface area contributed by atoms with Crippen LogP contribution in [0.2, 0.25) is 0 Å². The first kappa shape index (κ1) is 22.1. The molecule has 0 saturated carbocycles. The maximum absolute atomic E-state index is 13.1. The van der Waals surface area contributed by atoms with Crippen molar-refractivity contribution in [2.75, 3.05) is 5.32 Å². The summed E-state index contributed by atoms with van der Waals surface area (Å²) in [7, 11) is 0. The van der Waals surface area contributed by atoms with Crippen molar-refractivity contribution in [2.24, 2.45) is 5.92 Å². The minimum absolute atomic E-state index is 0.0606. The molecule has 1 aromatic heterocycles. The lowest BCUT2D eigenvalue weighted by Gasteiger charge is -2.19. The van der Waals surface area contributed by atoms with Crippen LogP contribution in [0.3, 0.4) is 0 Å². The van der Waals surface area contributed by atoms with Crippen LogP contribution in [0.1, 0.15) is 46.1 Å². The predicted molar refractivity (Wildman–Crippen MR) is 125 cm³/mol. The number of para-hydroxylation sites is 2. The molecule has 3 aromatic rings. The van der Waals surface area contributed by atoms with Crippen LogP contribution in [0, 0.1) is 5.92 Å². The number of amides is 1. The van der Waals surface area contributed by atoms with Gasteiger partial charge < -0.3 is 5.32 Å². The van der Waals surface area contributed by atoms with Crippen molar-refractivity contribution in [1.29, 1.82) is 0 Å². The zero-order valence-electron chi connectivity index (χ0n) is 18.2. The second kappa shape index (κ2) is 9.47. The summed E-state index contributed by atoms with van der Waals surface area (Å²) in [6.07, 6.45) is 0. The molecule has 1 atom stereocenters. The highest BCUT2D eigenvalue weighted by atomic mass is 32.2. The Morgan fingerprint density at radius 2 is 1.70 bits per heavy atom. The lowest BCUT2D eigenvalue weighted by Crippen LogP contribution is -2.28. The Morgan fingerprint density at radius 1 is 1.03 bits per heavy atom. The molecule has 0 aliphatic heterocycles. The molecule has 0 bridgehead atoms. The molecule has 5 nitrogen and oxygen atoms in total. The number of hydrogen-bond acceptors (Lipinski definition) is 4. The van der Waals surface area contributed by atoms with Crippen molar-refractivity contribution in [3.8, 4) is 0 Å². The van der Waals surface area contributed by atoms with Crippen LogP contribution in [-0.2, 0) is 11.3 Å². The molecule has 6 heteroatoms.